The maximum absolute atomic E-state index is 11.7. The Kier molecular flexibility index (Phi) is 5.84. The van der Waals surface area contributed by atoms with E-state index < -0.39 is 4.92 Å². The van der Waals surface area contributed by atoms with Crippen LogP contribution >= 0.6 is 0 Å². The molecule has 0 aliphatic carbocycles. The molecule has 0 aromatic heterocycles. The van der Waals surface area contributed by atoms with Crippen LogP contribution in [0, 0.1) is 10.1 Å². The molecule has 0 aliphatic rings. The van der Waals surface area contributed by atoms with Crippen LogP contribution in [0.3, 0.4) is 0 Å². The van der Waals surface area contributed by atoms with Crippen molar-refractivity contribution in [3.05, 3.63) is 33.9 Å². The molecule has 0 fully saturated rings. The number of carbonyl (C=O) groups excluding carboxylic acids is 1. The molecule has 116 valence electrons. The molecule has 6 nitrogen and oxygen atoms in total. The highest BCUT2D eigenvalue weighted by atomic mass is 16.6. The predicted octanol–water partition coefficient (Wildman–Crippen LogP) is 2.57. The largest absolute Gasteiger partial charge is 0.368 e. The lowest BCUT2D eigenvalue weighted by Crippen LogP contribution is -2.40. The van der Waals surface area contributed by atoms with Gasteiger partial charge in [-0.25, -0.2) is 0 Å². The molecule has 6 heteroatoms. The zero-order chi connectivity index (χ0) is 16.2. The summed E-state index contributed by atoms with van der Waals surface area (Å²) in [7, 11) is 4.00. The van der Waals surface area contributed by atoms with Crippen molar-refractivity contribution in [2.45, 2.75) is 26.8 Å². The Labute approximate surface area is 125 Å². The summed E-state index contributed by atoms with van der Waals surface area (Å²) in [5.41, 5.74) is 0.859. The van der Waals surface area contributed by atoms with E-state index in [1.807, 2.05) is 21.0 Å². The van der Waals surface area contributed by atoms with Crippen molar-refractivity contribution >= 4 is 17.2 Å². The first-order valence-corrected chi connectivity index (χ1v) is 6.98. The van der Waals surface area contributed by atoms with Crippen molar-refractivity contribution in [2.75, 3.05) is 32.1 Å². The van der Waals surface area contributed by atoms with E-state index in [1.54, 1.807) is 12.1 Å². The number of nitro groups is 1. The molecule has 0 heterocycles. The van der Waals surface area contributed by atoms with Crippen LogP contribution in [0.15, 0.2) is 18.2 Å². The Morgan fingerprint density at radius 1 is 1.38 bits per heavy atom. The van der Waals surface area contributed by atoms with Gasteiger partial charge >= 0.3 is 0 Å². The Morgan fingerprint density at radius 2 is 2.00 bits per heavy atom. The molecule has 1 aromatic rings. The lowest BCUT2D eigenvalue weighted by atomic mass is 10.1. The van der Waals surface area contributed by atoms with Crippen molar-refractivity contribution in [3.8, 4) is 0 Å². The lowest BCUT2D eigenvalue weighted by Gasteiger charge is -2.32. The normalized spacial score (nSPS) is 12.3. The summed E-state index contributed by atoms with van der Waals surface area (Å²) in [5, 5.41) is 11.0. The number of hydrogen-bond donors (Lipinski definition) is 0. The molecule has 1 unspecified atom stereocenters. The van der Waals surface area contributed by atoms with Gasteiger partial charge in [-0.1, -0.05) is 0 Å². The Balaban J connectivity index is 3.20. The van der Waals surface area contributed by atoms with Crippen LogP contribution in [-0.4, -0.2) is 48.8 Å². The van der Waals surface area contributed by atoms with Gasteiger partial charge in [0.05, 0.1) is 10.5 Å². The third kappa shape index (κ3) is 4.26. The number of likely N-dealkylation sites (N-methyl/N-ethyl adjacent to an activating group) is 2. The second-order valence-electron chi connectivity index (χ2n) is 5.41. The van der Waals surface area contributed by atoms with Gasteiger partial charge in [0.1, 0.15) is 0 Å². The van der Waals surface area contributed by atoms with E-state index >= 15 is 0 Å². The molecule has 0 spiro atoms. The van der Waals surface area contributed by atoms with Crippen molar-refractivity contribution in [2.24, 2.45) is 0 Å². The third-order valence-corrected chi connectivity index (χ3v) is 3.39. The number of carbonyl (C=O) groups is 1. The summed E-state index contributed by atoms with van der Waals surface area (Å²) in [6.07, 6.45) is 0. The van der Waals surface area contributed by atoms with E-state index in [1.165, 1.54) is 13.0 Å². The minimum Gasteiger partial charge on any atom is -0.368 e. The summed E-state index contributed by atoms with van der Waals surface area (Å²) < 4.78 is 0. The number of hydrogen-bond acceptors (Lipinski definition) is 5. The SMILES string of the molecule is CCN(c1ccc([N+](=O)[O-])c(C(C)=O)c1)C(C)CN(C)C. The number of Topliss-reactive ketones (excluding diaryl/α,β-unsaturated/α-hetero) is 1. The van der Waals surface area contributed by atoms with Crippen molar-refractivity contribution in [3.63, 3.8) is 0 Å². The first kappa shape index (κ1) is 17.1. The van der Waals surface area contributed by atoms with Crippen LogP contribution in [0.4, 0.5) is 11.4 Å². The van der Waals surface area contributed by atoms with Gasteiger partial charge in [0.15, 0.2) is 5.78 Å². The van der Waals surface area contributed by atoms with Gasteiger partial charge in [-0.2, -0.15) is 0 Å². The Hall–Kier alpha value is -1.95. The van der Waals surface area contributed by atoms with E-state index in [0.717, 1.165) is 18.8 Å². The second kappa shape index (κ2) is 7.17. The maximum atomic E-state index is 11.7. The van der Waals surface area contributed by atoms with E-state index in [9.17, 15) is 14.9 Å². The third-order valence-electron chi connectivity index (χ3n) is 3.39. The van der Waals surface area contributed by atoms with Gasteiger partial charge in [0.25, 0.3) is 5.69 Å². The molecule has 1 atom stereocenters. The van der Waals surface area contributed by atoms with Crippen LogP contribution in [0.1, 0.15) is 31.1 Å². The topological polar surface area (TPSA) is 66.7 Å². The summed E-state index contributed by atoms with van der Waals surface area (Å²) in [5.74, 6) is -0.292. The first-order valence-electron chi connectivity index (χ1n) is 6.98. The van der Waals surface area contributed by atoms with E-state index in [-0.39, 0.29) is 23.1 Å². The quantitative estimate of drug-likeness (QED) is 0.439. The molecule has 0 amide bonds. The molecule has 1 aromatic carbocycles. The number of rotatable bonds is 7. The number of benzene rings is 1. The van der Waals surface area contributed by atoms with Gasteiger partial charge in [0.2, 0.25) is 0 Å². The minimum absolute atomic E-state index is 0.137. The van der Waals surface area contributed by atoms with Gasteiger partial charge in [-0.15, -0.1) is 0 Å². The summed E-state index contributed by atoms with van der Waals surface area (Å²) >= 11 is 0. The maximum Gasteiger partial charge on any atom is 0.280 e. The average molecular weight is 293 g/mol. The van der Waals surface area contributed by atoms with E-state index in [2.05, 4.69) is 16.7 Å². The van der Waals surface area contributed by atoms with Gasteiger partial charge in [-0.05, 0) is 47.0 Å². The fourth-order valence-electron chi connectivity index (χ4n) is 2.52. The highest BCUT2D eigenvalue weighted by Crippen LogP contribution is 2.26. The smallest absolute Gasteiger partial charge is 0.280 e. The second-order valence-corrected chi connectivity index (χ2v) is 5.41. The molecular weight excluding hydrogens is 270 g/mol. The van der Waals surface area contributed by atoms with Crippen LogP contribution in [0.25, 0.3) is 0 Å². The van der Waals surface area contributed by atoms with E-state index in [4.69, 9.17) is 0 Å². The van der Waals surface area contributed by atoms with Crippen molar-refractivity contribution in [1.82, 2.24) is 4.90 Å². The van der Waals surface area contributed by atoms with Crippen molar-refractivity contribution < 1.29 is 9.72 Å². The molecule has 0 radical (unpaired) electrons. The Bertz CT molecular complexity index is 529. The summed E-state index contributed by atoms with van der Waals surface area (Å²) in [4.78, 5) is 26.3. The van der Waals surface area contributed by atoms with Crippen LogP contribution in [0.5, 0.6) is 0 Å². The zero-order valence-corrected chi connectivity index (χ0v) is 13.3. The molecule has 0 saturated heterocycles. The highest BCUT2D eigenvalue weighted by molar-refractivity contribution is 5.99. The summed E-state index contributed by atoms with van der Waals surface area (Å²) in [6.45, 7) is 7.11. The zero-order valence-electron chi connectivity index (χ0n) is 13.3. The molecule has 0 bridgehead atoms. The molecule has 21 heavy (non-hydrogen) atoms. The lowest BCUT2D eigenvalue weighted by molar-refractivity contribution is -0.385. The molecular formula is C15H23N3O3. The van der Waals surface area contributed by atoms with Crippen LogP contribution < -0.4 is 4.90 Å². The fraction of sp³-hybridized carbons (Fsp3) is 0.533. The van der Waals surface area contributed by atoms with E-state index in [0.29, 0.717) is 0 Å². The molecule has 0 N–H and O–H groups in total. The number of nitrogens with zero attached hydrogens (tertiary/aromatic N) is 3. The fourth-order valence-corrected chi connectivity index (χ4v) is 2.52. The average Bonchev–Trinajstić information content (AvgIpc) is 2.38. The molecule has 0 saturated carbocycles. The standard InChI is InChI=1S/C15H23N3O3/c1-6-17(11(2)10-16(4)5)13-7-8-15(18(20)21)14(9-13)12(3)19/h7-9,11H,6,10H2,1-5H3. The molecule has 0 aliphatic heterocycles. The Morgan fingerprint density at radius 3 is 2.43 bits per heavy atom. The number of anilines is 1. The minimum atomic E-state index is -0.514. The predicted molar refractivity (Wildman–Crippen MR) is 84.1 cm³/mol. The van der Waals surface area contributed by atoms with Gasteiger partial charge in [-0.3, -0.25) is 14.9 Å². The molecule has 1 rings (SSSR count). The van der Waals surface area contributed by atoms with Crippen LogP contribution in [0.2, 0.25) is 0 Å². The number of ketones is 1. The monoisotopic (exact) mass is 293 g/mol. The van der Waals surface area contributed by atoms with Crippen molar-refractivity contribution in [1.29, 1.82) is 0 Å². The van der Waals surface area contributed by atoms with Gasteiger partial charge < -0.3 is 9.80 Å². The highest BCUT2D eigenvalue weighted by Gasteiger charge is 2.21. The van der Waals surface area contributed by atoms with Crippen LogP contribution in [-0.2, 0) is 0 Å². The van der Waals surface area contributed by atoms with Gasteiger partial charge in [0, 0.05) is 30.9 Å². The first-order chi connectivity index (χ1) is 9.77. The summed E-state index contributed by atoms with van der Waals surface area (Å²) in [6, 6.07) is 4.99. The number of nitro benzene ring substituents is 1.